The average Bonchev–Trinajstić information content (AvgIpc) is 2.94. The molecule has 9 nitrogen and oxygen atoms in total. The predicted octanol–water partition coefficient (Wildman–Crippen LogP) is 4.82. The van der Waals surface area contributed by atoms with Gasteiger partial charge in [-0.2, -0.15) is 0 Å². The number of sulfonamides is 1. The molecule has 1 N–H and O–H groups in total. The van der Waals surface area contributed by atoms with E-state index in [1.165, 1.54) is 52.7 Å². The van der Waals surface area contributed by atoms with Gasteiger partial charge in [-0.1, -0.05) is 44.2 Å². The molecule has 0 heterocycles. The van der Waals surface area contributed by atoms with E-state index < -0.39 is 22.5 Å². The van der Waals surface area contributed by atoms with Crippen molar-refractivity contribution < 1.29 is 32.2 Å². The highest BCUT2D eigenvalue weighted by molar-refractivity contribution is 7.92. The summed E-state index contributed by atoms with van der Waals surface area (Å²) in [4.78, 5) is 13.4. The van der Waals surface area contributed by atoms with Gasteiger partial charge in [0.05, 0.1) is 45.1 Å². The third kappa shape index (κ3) is 7.14. The number of methoxy groups -OCH3 is 4. The molecule has 0 unspecified atom stereocenters. The number of hydrogen-bond donors (Lipinski definition) is 1. The second-order valence-electron chi connectivity index (χ2n) is 9.23. The first-order chi connectivity index (χ1) is 18.6. The Morgan fingerprint density at radius 3 is 2.05 bits per heavy atom. The van der Waals surface area contributed by atoms with Gasteiger partial charge in [0.1, 0.15) is 18.0 Å². The summed E-state index contributed by atoms with van der Waals surface area (Å²) in [5, 5.41) is 3.03. The van der Waals surface area contributed by atoms with Gasteiger partial charge in [-0.25, -0.2) is 8.42 Å². The summed E-state index contributed by atoms with van der Waals surface area (Å²) in [6.45, 7) is 3.63. The largest absolute Gasteiger partial charge is 0.497 e. The van der Waals surface area contributed by atoms with Gasteiger partial charge in [0, 0.05) is 12.1 Å². The molecule has 3 rings (SSSR count). The van der Waals surface area contributed by atoms with Gasteiger partial charge in [0.2, 0.25) is 5.91 Å². The molecule has 0 saturated heterocycles. The lowest BCUT2D eigenvalue weighted by Crippen LogP contribution is -2.42. The quantitative estimate of drug-likeness (QED) is 0.322. The van der Waals surface area contributed by atoms with E-state index in [-0.39, 0.29) is 28.1 Å². The molecule has 3 aromatic rings. The zero-order valence-corrected chi connectivity index (χ0v) is 23.9. The number of carbonyl (C=O) groups is 1. The maximum absolute atomic E-state index is 14.1. The van der Waals surface area contributed by atoms with Gasteiger partial charge >= 0.3 is 0 Å². The zero-order chi connectivity index (χ0) is 28.6. The second-order valence-corrected chi connectivity index (χ2v) is 11.1. The van der Waals surface area contributed by atoms with E-state index in [9.17, 15) is 13.2 Å². The van der Waals surface area contributed by atoms with E-state index in [0.717, 1.165) is 9.87 Å². The molecule has 0 aromatic heterocycles. The van der Waals surface area contributed by atoms with Crippen LogP contribution in [0.1, 0.15) is 31.9 Å². The van der Waals surface area contributed by atoms with E-state index in [4.69, 9.17) is 18.9 Å². The van der Waals surface area contributed by atoms with Crippen molar-refractivity contribution in [3.8, 4) is 23.0 Å². The summed E-state index contributed by atoms with van der Waals surface area (Å²) >= 11 is 0. The van der Waals surface area contributed by atoms with Gasteiger partial charge in [-0.05, 0) is 42.2 Å². The maximum atomic E-state index is 14.1. The highest BCUT2D eigenvalue weighted by atomic mass is 32.2. The monoisotopic (exact) mass is 556 g/mol. The number of nitrogens with one attached hydrogen (secondary N) is 1. The molecular formula is C29H36N2O7S. The Morgan fingerprint density at radius 1 is 0.821 bits per heavy atom. The van der Waals surface area contributed by atoms with Crippen LogP contribution in [0.2, 0.25) is 0 Å². The fourth-order valence-corrected chi connectivity index (χ4v) is 5.64. The van der Waals surface area contributed by atoms with Gasteiger partial charge in [-0.3, -0.25) is 9.10 Å². The fourth-order valence-electron chi connectivity index (χ4n) is 4.20. The molecular weight excluding hydrogens is 520 g/mol. The molecule has 0 aliphatic rings. The Hall–Kier alpha value is -3.92. The molecule has 1 amide bonds. The minimum Gasteiger partial charge on any atom is -0.497 e. The average molecular weight is 557 g/mol. The molecule has 0 fully saturated rings. The number of ether oxygens (including phenoxy) is 4. The number of benzene rings is 3. The highest BCUT2D eigenvalue weighted by Gasteiger charge is 2.31. The molecule has 0 aliphatic carbocycles. The van der Waals surface area contributed by atoms with Crippen LogP contribution in [-0.4, -0.2) is 49.3 Å². The molecule has 3 aromatic carbocycles. The van der Waals surface area contributed by atoms with Crippen molar-refractivity contribution in [1.82, 2.24) is 5.32 Å². The topological polar surface area (TPSA) is 103 Å². The van der Waals surface area contributed by atoms with Crippen LogP contribution in [0, 0.1) is 5.92 Å². The number of amides is 1. The van der Waals surface area contributed by atoms with Gasteiger partial charge in [0.25, 0.3) is 10.0 Å². The summed E-state index contributed by atoms with van der Waals surface area (Å²) in [6.07, 6.45) is 0.681. The third-order valence-electron chi connectivity index (χ3n) is 6.13. The van der Waals surface area contributed by atoms with Crippen molar-refractivity contribution in [2.24, 2.45) is 5.92 Å². The highest BCUT2D eigenvalue weighted by Crippen LogP contribution is 2.37. The Balaban J connectivity index is 2.08. The summed E-state index contributed by atoms with van der Waals surface area (Å²) in [5.74, 6) is 1.09. The van der Waals surface area contributed by atoms with E-state index in [1.807, 2.05) is 30.3 Å². The Bertz CT molecular complexity index is 1360. The molecule has 0 radical (unpaired) electrons. The smallest absolute Gasteiger partial charge is 0.265 e. The fraction of sp³-hybridized carbons (Fsp3) is 0.345. The molecule has 210 valence electrons. The summed E-state index contributed by atoms with van der Waals surface area (Å²) < 4.78 is 50.6. The van der Waals surface area contributed by atoms with Gasteiger partial charge < -0.3 is 24.3 Å². The lowest BCUT2D eigenvalue weighted by atomic mass is 9.97. The number of nitrogens with zero attached hydrogens (tertiary/aromatic N) is 1. The zero-order valence-electron chi connectivity index (χ0n) is 23.1. The van der Waals surface area contributed by atoms with Crippen molar-refractivity contribution in [1.29, 1.82) is 0 Å². The first kappa shape index (κ1) is 29.6. The lowest BCUT2D eigenvalue weighted by molar-refractivity contribution is -0.120. The minimum atomic E-state index is -4.29. The van der Waals surface area contributed by atoms with E-state index in [0.29, 0.717) is 23.8 Å². The third-order valence-corrected chi connectivity index (χ3v) is 7.88. The summed E-state index contributed by atoms with van der Waals surface area (Å²) in [6, 6.07) is 18.3. The standard InChI is InChI=1S/C29H36N2O7S/c1-20(2)16-24(21-10-8-7-9-11-21)30-29(32)19-31(25-17-22(35-3)12-14-26(25)36-4)39(33,34)23-13-15-27(37-5)28(18-23)38-6/h7-15,17-18,20,24H,16,19H2,1-6H3,(H,30,32)/t24-/m0/s1. The molecule has 0 bridgehead atoms. The van der Waals surface area contributed by atoms with Crippen molar-refractivity contribution >= 4 is 21.6 Å². The van der Waals surface area contributed by atoms with Crippen LogP contribution in [0.15, 0.2) is 71.6 Å². The molecule has 1 atom stereocenters. The SMILES string of the molecule is COc1ccc(OC)c(N(CC(=O)N[C@@H](CC(C)C)c2ccccc2)S(=O)(=O)c2ccc(OC)c(OC)c2)c1. The van der Waals surface area contributed by atoms with E-state index >= 15 is 0 Å². The van der Waals surface area contributed by atoms with Crippen molar-refractivity contribution in [2.45, 2.75) is 31.2 Å². The number of anilines is 1. The molecule has 0 spiro atoms. The van der Waals surface area contributed by atoms with E-state index in [2.05, 4.69) is 19.2 Å². The van der Waals surface area contributed by atoms with Crippen molar-refractivity contribution in [3.05, 3.63) is 72.3 Å². The van der Waals surface area contributed by atoms with Crippen molar-refractivity contribution in [3.63, 3.8) is 0 Å². The Labute approximate surface area is 230 Å². The van der Waals surface area contributed by atoms with E-state index in [1.54, 1.807) is 12.1 Å². The second kappa shape index (κ2) is 13.2. The number of rotatable bonds is 13. The number of hydrogen-bond acceptors (Lipinski definition) is 7. The van der Waals surface area contributed by atoms with Crippen LogP contribution in [0.25, 0.3) is 0 Å². The summed E-state index contributed by atoms with van der Waals surface area (Å²) in [7, 11) is 1.50. The maximum Gasteiger partial charge on any atom is 0.265 e. The molecule has 0 saturated carbocycles. The van der Waals surface area contributed by atoms with Crippen LogP contribution in [0.5, 0.6) is 23.0 Å². The van der Waals surface area contributed by atoms with Crippen LogP contribution in [-0.2, 0) is 14.8 Å². The molecule has 39 heavy (non-hydrogen) atoms. The van der Waals surface area contributed by atoms with Crippen LogP contribution < -0.4 is 28.6 Å². The summed E-state index contributed by atoms with van der Waals surface area (Å²) in [5.41, 5.74) is 1.09. The lowest BCUT2D eigenvalue weighted by Gasteiger charge is -2.28. The van der Waals surface area contributed by atoms with Crippen LogP contribution in [0.3, 0.4) is 0 Å². The molecule has 10 heteroatoms. The van der Waals surface area contributed by atoms with Gasteiger partial charge in [0.15, 0.2) is 11.5 Å². The van der Waals surface area contributed by atoms with Crippen LogP contribution >= 0.6 is 0 Å². The van der Waals surface area contributed by atoms with Crippen molar-refractivity contribution in [2.75, 3.05) is 39.3 Å². The van der Waals surface area contributed by atoms with Gasteiger partial charge in [-0.15, -0.1) is 0 Å². The number of carbonyl (C=O) groups excluding carboxylic acids is 1. The van der Waals surface area contributed by atoms with Crippen LogP contribution in [0.4, 0.5) is 5.69 Å². The molecule has 0 aliphatic heterocycles. The Kier molecular flexibility index (Phi) is 10.1. The Morgan fingerprint density at radius 2 is 1.46 bits per heavy atom. The predicted molar refractivity (Wildman–Crippen MR) is 150 cm³/mol. The first-order valence-electron chi connectivity index (χ1n) is 12.5. The minimum absolute atomic E-state index is 0.0837. The normalized spacial score (nSPS) is 12.0. The first-order valence-corrected chi connectivity index (χ1v) is 13.9.